The van der Waals surface area contributed by atoms with Gasteiger partial charge in [0.1, 0.15) is 6.29 Å². The molecule has 4 nitrogen and oxygen atoms in total. The van der Waals surface area contributed by atoms with E-state index in [4.69, 9.17) is 9.84 Å². The number of aliphatic carboxylic acids is 1. The molecule has 2 aliphatic rings. The molecule has 2 aliphatic heterocycles. The van der Waals surface area contributed by atoms with Crippen LogP contribution in [-0.2, 0) is 14.3 Å². The summed E-state index contributed by atoms with van der Waals surface area (Å²) in [5.74, 6) is -0.660. The van der Waals surface area contributed by atoms with E-state index in [2.05, 4.69) is 6.08 Å². The fourth-order valence-corrected chi connectivity index (χ4v) is 3.01. The van der Waals surface area contributed by atoms with E-state index in [1.165, 1.54) is 0 Å². The maximum Gasteiger partial charge on any atom is 0.303 e. The molecule has 0 saturated carbocycles. The minimum absolute atomic E-state index is 0.0826. The Kier molecular flexibility index (Phi) is 4.17. The van der Waals surface area contributed by atoms with E-state index in [1.807, 2.05) is 6.08 Å². The molecular weight excluding hydrogens is 232 g/mol. The standard InChI is InChI=1S/C14H20O4/c15-10-11-9-14(8-6-12(11)18-14)7-4-2-1-3-5-13(16)17/h2,4,10-12H,1,3,5-9H2,(H,16,17)/t11-,12-,14+/m1/s1. The van der Waals surface area contributed by atoms with Crippen molar-refractivity contribution < 1.29 is 19.4 Å². The van der Waals surface area contributed by atoms with Gasteiger partial charge in [0.15, 0.2) is 0 Å². The number of carbonyl (C=O) groups is 2. The second kappa shape index (κ2) is 5.65. The maximum atomic E-state index is 10.9. The van der Waals surface area contributed by atoms with Crippen LogP contribution in [-0.4, -0.2) is 29.1 Å². The average Bonchev–Trinajstić information content (AvgIpc) is 2.91. The molecule has 2 fully saturated rings. The van der Waals surface area contributed by atoms with Gasteiger partial charge in [-0.1, -0.05) is 12.2 Å². The average molecular weight is 252 g/mol. The van der Waals surface area contributed by atoms with Crippen LogP contribution >= 0.6 is 0 Å². The number of carbonyl (C=O) groups excluding carboxylic acids is 1. The molecule has 2 heterocycles. The lowest BCUT2D eigenvalue weighted by Crippen LogP contribution is -2.26. The summed E-state index contributed by atoms with van der Waals surface area (Å²) in [6.07, 6.45) is 10.7. The third-order valence-electron chi connectivity index (χ3n) is 3.96. The van der Waals surface area contributed by atoms with Crippen LogP contribution in [0.25, 0.3) is 0 Å². The number of hydrogen-bond acceptors (Lipinski definition) is 3. The van der Waals surface area contributed by atoms with E-state index in [-0.39, 0.29) is 24.0 Å². The Morgan fingerprint density at radius 3 is 2.94 bits per heavy atom. The monoisotopic (exact) mass is 252 g/mol. The molecule has 18 heavy (non-hydrogen) atoms. The fourth-order valence-electron chi connectivity index (χ4n) is 3.01. The van der Waals surface area contributed by atoms with Gasteiger partial charge < -0.3 is 14.6 Å². The number of unbranched alkanes of at least 4 members (excludes halogenated alkanes) is 1. The first-order valence-electron chi connectivity index (χ1n) is 6.65. The van der Waals surface area contributed by atoms with Gasteiger partial charge >= 0.3 is 5.97 Å². The van der Waals surface area contributed by atoms with Gasteiger partial charge in [-0.3, -0.25) is 4.79 Å². The van der Waals surface area contributed by atoms with Gasteiger partial charge in [-0.05, 0) is 38.5 Å². The zero-order valence-corrected chi connectivity index (χ0v) is 10.5. The SMILES string of the molecule is O=C[C@H]1C[C@]2(CC=CCCCC(=O)O)CC[C@H]1O2. The summed E-state index contributed by atoms with van der Waals surface area (Å²) in [5.41, 5.74) is -0.112. The molecule has 0 amide bonds. The van der Waals surface area contributed by atoms with Crippen LogP contribution in [0.1, 0.15) is 44.9 Å². The smallest absolute Gasteiger partial charge is 0.303 e. The summed E-state index contributed by atoms with van der Waals surface area (Å²) >= 11 is 0. The number of hydrogen-bond donors (Lipinski definition) is 1. The number of aldehydes is 1. The van der Waals surface area contributed by atoms with Crippen LogP contribution in [0, 0.1) is 5.92 Å². The van der Waals surface area contributed by atoms with Gasteiger partial charge in [0, 0.05) is 12.3 Å². The summed E-state index contributed by atoms with van der Waals surface area (Å²) in [5, 5.41) is 8.51. The largest absolute Gasteiger partial charge is 0.481 e. The van der Waals surface area contributed by atoms with Crippen molar-refractivity contribution in [3.05, 3.63) is 12.2 Å². The Labute approximate surface area is 107 Å². The molecule has 0 spiro atoms. The lowest BCUT2D eigenvalue weighted by atomic mass is 9.80. The molecule has 100 valence electrons. The van der Waals surface area contributed by atoms with Crippen LogP contribution in [0.15, 0.2) is 12.2 Å². The van der Waals surface area contributed by atoms with E-state index in [0.717, 1.165) is 38.4 Å². The van der Waals surface area contributed by atoms with Crippen molar-refractivity contribution in [3.8, 4) is 0 Å². The molecule has 4 heteroatoms. The second-order valence-corrected chi connectivity index (χ2v) is 5.34. The normalized spacial score (nSPS) is 34.2. The van der Waals surface area contributed by atoms with Gasteiger partial charge in [-0.15, -0.1) is 0 Å². The lowest BCUT2D eigenvalue weighted by Gasteiger charge is -2.23. The first kappa shape index (κ1) is 13.3. The molecule has 2 bridgehead atoms. The minimum atomic E-state index is -0.742. The van der Waals surface area contributed by atoms with Gasteiger partial charge in [-0.25, -0.2) is 0 Å². The van der Waals surface area contributed by atoms with Gasteiger partial charge in [0.2, 0.25) is 0 Å². The van der Waals surface area contributed by atoms with E-state index < -0.39 is 5.97 Å². The van der Waals surface area contributed by atoms with E-state index >= 15 is 0 Å². The van der Waals surface area contributed by atoms with Crippen LogP contribution in [0.2, 0.25) is 0 Å². The molecular formula is C14H20O4. The number of allylic oxidation sites excluding steroid dienone is 1. The number of fused-ring (bicyclic) bond motifs is 2. The highest BCUT2D eigenvalue weighted by atomic mass is 16.5. The molecule has 0 aliphatic carbocycles. The predicted octanol–water partition coefficient (Wildman–Crippen LogP) is 2.32. The van der Waals surface area contributed by atoms with Crippen molar-refractivity contribution in [3.63, 3.8) is 0 Å². The molecule has 0 aromatic rings. The number of rotatable bonds is 7. The quantitative estimate of drug-likeness (QED) is 0.429. The third-order valence-corrected chi connectivity index (χ3v) is 3.96. The molecule has 1 N–H and O–H groups in total. The Morgan fingerprint density at radius 1 is 1.44 bits per heavy atom. The molecule has 0 radical (unpaired) electrons. The molecule has 0 aromatic carbocycles. The van der Waals surface area contributed by atoms with Crippen LogP contribution in [0.5, 0.6) is 0 Å². The minimum Gasteiger partial charge on any atom is -0.481 e. The molecule has 2 rings (SSSR count). The zero-order chi connectivity index (χ0) is 13.0. The molecule has 3 atom stereocenters. The van der Waals surface area contributed by atoms with Crippen molar-refractivity contribution in [2.45, 2.75) is 56.7 Å². The fraction of sp³-hybridized carbons (Fsp3) is 0.714. The van der Waals surface area contributed by atoms with Crippen molar-refractivity contribution in [2.75, 3.05) is 0 Å². The number of ether oxygens (including phenoxy) is 1. The molecule has 0 unspecified atom stereocenters. The second-order valence-electron chi connectivity index (χ2n) is 5.34. The maximum absolute atomic E-state index is 10.9. The van der Waals surface area contributed by atoms with E-state index in [0.29, 0.717) is 6.42 Å². The molecule has 2 saturated heterocycles. The number of carboxylic acid groups (broad SMARTS) is 1. The van der Waals surface area contributed by atoms with E-state index in [9.17, 15) is 9.59 Å². The first-order chi connectivity index (χ1) is 8.65. The Hall–Kier alpha value is -1.16. The summed E-state index contributed by atoms with van der Waals surface area (Å²) in [7, 11) is 0. The summed E-state index contributed by atoms with van der Waals surface area (Å²) in [4.78, 5) is 21.2. The van der Waals surface area contributed by atoms with Crippen molar-refractivity contribution in [1.29, 1.82) is 0 Å². The van der Waals surface area contributed by atoms with Crippen molar-refractivity contribution >= 4 is 12.3 Å². The Morgan fingerprint density at radius 2 is 2.28 bits per heavy atom. The summed E-state index contributed by atoms with van der Waals surface area (Å²) < 4.78 is 5.93. The topological polar surface area (TPSA) is 63.6 Å². The number of carboxylic acids is 1. The highest BCUT2D eigenvalue weighted by Crippen LogP contribution is 2.48. The van der Waals surface area contributed by atoms with Gasteiger partial charge in [0.25, 0.3) is 0 Å². The first-order valence-corrected chi connectivity index (χ1v) is 6.65. The highest BCUT2D eigenvalue weighted by molar-refractivity contribution is 5.66. The van der Waals surface area contributed by atoms with Crippen molar-refractivity contribution in [1.82, 2.24) is 0 Å². The van der Waals surface area contributed by atoms with E-state index in [1.54, 1.807) is 0 Å². The Balaban J connectivity index is 1.72. The summed E-state index contributed by atoms with van der Waals surface area (Å²) in [6, 6.07) is 0. The molecule has 0 aromatic heterocycles. The van der Waals surface area contributed by atoms with Gasteiger partial charge in [-0.2, -0.15) is 0 Å². The van der Waals surface area contributed by atoms with Crippen molar-refractivity contribution in [2.24, 2.45) is 5.92 Å². The van der Waals surface area contributed by atoms with Gasteiger partial charge in [0.05, 0.1) is 11.7 Å². The zero-order valence-electron chi connectivity index (χ0n) is 10.5. The lowest BCUT2D eigenvalue weighted by molar-refractivity contribution is -0.137. The third kappa shape index (κ3) is 2.99. The van der Waals surface area contributed by atoms with Crippen LogP contribution in [0.3, 0.4) is 0 Å². The highest BCUT2D eigenvalue weighted by Gasteiger charge is 2.50. The summed E-state index contributed by atoms with van der Waals surface area (Å²) in [6.45, 7) is 0. The predicted molar refractivity (Wildman–Crippen MR) is 66.3 cm³/mol. The Bertz CT molecular complexity index is 350. The van der Waals surface area contributed by atoms with Crippen LogP contribution < -0.4 is 0 Å². The van der Waals surface area contributed by atoms with Crippen LogP contribution in [0.4, 0.5) is 0 Å².